The summed E-state index contributed by atoms with van der Waals surface area (Å²) < 4.78 is 4.95. The Bertz CT molecular complexity index is 462. The van der Waals surface area contributed by atoms with Crippen LogP contribution < -0.4 is 5.32 Å². The van der Waals surface area contributed by atoms with Crippen LogP contribution in [0.4, 0.5) is 5.82 Å². The topological polar surface area (TPSA) is 54.5 Å². The van der Waals surface area contributed by atoms with Gasteiger partial charge in [-0.1, -0.05) is 11.6 Å². The molecule has 1 fully saturated rings. The summed E-state index contributed by atoms with van der Waals surface area (Å²) in [6.45, 7) is 2.85. The van der Waals surface area contributed by atoms with Crippen LogP contribution in [0.1, 0.15) is 29.6 Å². The minimum Gasteiger partial charge on any atom is -0.383 e. The molecule has 0 radical (unpaired) electrons. The lowest BCUT2D eigenvalue weighted by Crippen LogP contribution is -2.35. The number of hydrogen-bond acceptors (Lipinski definition) is 4. The molecule has 6 heteroatoms. The van der Waals surface area contributed by atoms with Gasteiger partial charge in [0.05, 0.1) is 17.2 Å². The number of hydrogen-bond donors (Lipinski definition) is 1. The first-order valence-corrected chi connectivity index (χ1v) is 7.28. The third-order valence-electron chi connectivity index (χ3n) is 3.33. The normalized spacial score (nSPS) is 15.2. The fourth-order valence-corrected chi connectivity index (χ4v) is 2.47. The number of pyridine rings is 1. The Kier molecular flexibility index (Phi) is 5.61. The number of carbonyl (C=O) groups is 1. The van der Waals surface area contributed by atoms with Crippen molar-refractivity contribution in [3.05, 3.63) is 22.8 Å². The van der Waals surface area contributed by atoms with E-state index in [-0.39, 0.29) is 5.91 Å². The van der Waals surface area contributed by atoms with Gasteiger partial charge in [0.15, 0.2) is 0 Å². The molecule has 0 aromatic carbocycles. The predicted octanol–water partition coefficient (Wildman–Crippen LogP) is 2.42. The lowest BCUT2D eigenvalue weighted by Gasteiger charge is -2.26. The molecular weight excluding hydrogens is 278 g/mol. The van der Waals surface area contributed by atoms with Gasteiger partial charge in [-0.05, 0) is 25.3 Å². The number of likely N-dealkylation sites (tertiary alicyclic amines) is 1. The lowest BCUT2D eigenvalue weighted by molar-refractivity contribution is 0.0724. The van der Waals surface area contributed by atoms with Crippen LogP contribution in [0.3, 0.4) is 0 Å². The molecule has 1 aromatic rings. The summed E-state index contributed by atoms with van der Waals surface area (Å²) in [6.07, 6.45) is 4.93. The molecular formula is C14H20ClN3O2. The molecule has 5 nitrogen and oxygen atoms in total. The number of rotatable bonds is 5. The lowest BCUT2D eigenvalue weighted by atomic mass is 10.1. The van der Waals surface area contributed by atoms with E-state index in [4.69, 9.17) is 16.3 Å². The van der Waals surface area contributed by atoms with Crippen molar-refractivity contribution >= 4 is 23.3 Å². The third kappa shape index (κ3) is 3.84. The molecule has 1 saturated heterocycles. The molecule has 0 unspecified atom stereocenters. The zero-order chi connectivity index (χ0) is 14.4. The summed E-state index contributed by atoms with van der Waals surface area (Å²) in [7, 11) is 1.64. The van der Waals surface area contributed by atoms with Gasteiger partial charge >= 0.3 is 0 Å². The van der Waals surface area contributed by atoms with E-state index < -0.39 is 0 Å². The van der Waals surface area contributed by atoms with Gasteiger partial charge in [-0.2, -0.15) is 0 Å². The smallest absolute Gasteiger partial charge is 0.255 e. The van der Waals surface area contributed by atoms with E-state index in [1.165, 1.54) is 6.42 Å². The Hall–Kier alpha value is -1.33. The van der Waals surface area contributed by atoms with E-state index in [1.54, 1.807) is 19.4 Å². The molecule has 0 spiro atoms. The Morgan fingerprint density at radius 2 is 2.20 bits per heavy atom. The van der Waals surface area contributed by atoms with Crippen molar-refractivity contribution < 1.29 is 9.53 Å². The molecule has 2 heterocycles. The third-order valence-corrected chi connectivity index (χ3v) is 3.62. The van der Waals surface area contributed by atoms with Crippen molar-refractivity contribution in [1.82, 2.24) is 9.88 Å². The van der Waals surface area contributed by atoms with Gasteiger partial charge in [0, 0.05) is 32.9 Å². The number of nitrogens with one attached hydrogen (secondary N) is 1. The highest BCUT2D eigenvalue weighted by atomic mass is 35.5. The van der Waals surface area contributed by atoms with Gasteiger partial charge in [-0.3, -0.25) is 4.79 Å². The number of amides is 1. The molecule has 0 saturated carbocycles. The second kappa shape index (κ2) is 7.45. The van der Waals surface area contributed by atoms with Crippen LogP contribution in [-0.4, -0.2) is 49.1 Å². The first-order chi connectivity index (χ1) is 9.72. The molecule has 1 N–H and O–H groups in total. The average molecular weight is 298 g/mol. The summed E-state index contributed by atoms with van der Waals surface area (Å²) in [5.41, 5.74) is 0.550. The van der Waals surface area contributed by atoms with E-state index in [9.17, 15) is 4.79 Å². The number of nitrogens with zero attached hydrogens (tertiary/aromatic N) is 2. The number of ether oxygens (including phenoxy) is 1. The molecule has 1 aliphatic heterocycles. The number of carbonyl (C=O) groups excluding carboxylic acids is 1. The molecule has 20 heavy (non-hydrogen) atoms. The van der Waals surface area contributed by atoms with Crippen LogP contribution >= 0.6 is 11.6 Å². The Morgan fingerprint density at radius 3 is 2.85 bits per heavy atom. The SMILES string of the molecule is COCCNc1ncc(C(=O)N2CCCCC2)cc1Cl. The number of aromatic nitrogens is 1. The molecule has 0 bridgehead atoms. The maximum atomic E-state index is 12.3. The summed E-state index contributed by atoms with van der Waals surface area (Å²) in [5, 5.41) is 3.53. The Morgan fingerprint density at radius 1 is 1.45 bits per heavy atom. The predicted molar refractivity (Wildman–Crippen MR) is 79.4 cm³/mol. The second-order valence-electron chi connectivity index (χ2n) is 4.83. The van der Waals surface area contributed by atoms with Crippen molar-refractivity contribution in [1.29, 1.82) is 0 Å². The monoisotopic (exact) mass is 297 g/mol. The zero-order valence-electron chi connectivity index (χ0n) is 11.7. The maximum absolute atomic E-state index is 12.3. The highest BCUT2D eigenvalue weighted by Crippen LogP contribution is 2.21. The van der Waals surface area contributed by atoms with Crippen LogP contribution in [-0.2, 0) is 4.74 Å². The van der Waals surface area contributed by atoms with E-state index in [0.717, 1.165) is 25.9 Å². The van der Waals surface area contributed by atoms with E-state index in [0.29, 0.717) is 29.6 Å². The highest BCUT2D eigenvalue weighted by molar-refractivity contribution is 6.33. The van der Waals surface area contributed by atoms with E-state index in [1.807, 2.05) is 4.90 Å². The number of anilines is 1. The largest absolute Gasteiger partial charge is 0.383 e. The number of piperidine rings is 1. The summed E-state index contributed by atoms with van der Waals surface area (Å²) >= 11 is 6.15. The first-order valence-electron chi connectivity index (χ1n) is 6.90. The van der Waals surface area contributed by atoms with Gasteiger partial charge in [-0.25, -0.2) is 4.98 Å². The number of methoxy groups -OCH3 is 1. The fourth-order valence-electron chi connectivity index (χ4n) is 2.24. The number of halogens is 1. The molecule has 0 aliphatic carbocycles. The van der Waals surface area contributed by atoms with E-state index in [2.05, 4.69) is 10.3 Å². The maximum Gasteiger partial charge on any atom is 0.255 e. The van der Waals surface area contributed by atoms with Crippen molar-refractivity contribution in [2.24, 2.45) is 0 Å². The van der Waals surface area contributed by atoms with Crippen LogP contribution in [0.25, 0.3) is 0 Å². The average Bonchev–Trinajstić information content (AvgIpc) is 2.49. The van der Waals surface area contributed by atoms with Gasteiger partial charge in [0.1, 0.15) is 5.82 Å². The van der Waals surface area contributed by atoms with E-state index >= 15 is 0 Å². The van der Waals surface area contributed by atoms with Crippen LogP contribution in [0.15, 0.2) is 12.3 Å². The van der Waals surface area contributed by atoms with Crippen molar-refractivity contribution in [2.45, 2.75) is 19.3 Å². The minimum atomic E-state index is 0.0162. The van der Waals surface area contributed by atoms with Crippen LogP contribution in [0.5, 0.6) is 0 Å². The van der Waals surface area contributed by atoms with Gasteiger partial charge in [0.2, 0.25) is 0 Å². The zero-order valence-corrected chi connectivity index (χ0v) is 12.4. The molecule has 1 aromatic heterocycles. The van der Waals surface area contributed by atoms with Gasteiger partial charge < -0.3 is 15.0 Å². The molecule has 110 valence electrons. The van der Waals surface area contributed by atoms with Gasteiger partial charge in [-0.15, -0.1) is 0 Å². The van der Waals surface area contributed by atoms with Crippen molar-refractivity contribution in [3.8, 4) is 0 Å². The van der Waals surface area contributed by atoms with Crippen LogP contribution in [0, 0.1) is 0 Å². The highest BCUT2D eigenvalue weighted by Gasteiger charge is 2.19. The summed E-state index contributed by atoms with van der Waals surface area (Å²) in [4.78, 5) is 18.4. The van der Waals surface area contributed by atoms with Crippen LogP contribution in [0.2, 0.25) is 5.02 Å². The Balaban J connectivity index is 2.02. The minimum absolute atomic E-state index is 0.0162. The van der Waals surface area contributed by atoms with Crippen molar-refractivity contribution in [2.75, 3.05) is 38.7 Å². The second-order valence-corrected chi connectivity index (χ2v) is 5.23. The molecule has 2 rings (SSSR count). The summed E-state index contributed by atoms with van der Waals surface area (Å²) in [6, 6.07) is 1.68. The Labute approximate surface area is 124 Å². The van der Waals surface area contributed by atoms with Crippen molar-refractivity contribution in [3.63, 3.8) is 0 Å². The standard InChI is InChI=1S/C14H20ClN3O2/c1-20-8-5-16-13-12(15)9-11(10-17-13)14(19)18-6-3-2-4-7-18/h9-10H,2-8H2,1H3,(H,16,17). The molecule has 1 aliphatic rings. The van der Waals surface area contributed by atoms with Gasteiger partial charge in [0.25, 0.3) is 5.91 Å². The summed E-state index contributed by atoms with van der Waals surface area (Å²) in [5.74, 6) is 0.599. The molecule has 0 atom stereocenters. The first kappa shape index (κ1) is 15.1. The fraction of sp³-hybridized carbons (Fsp3) is 0.571. The molecule has 1 amide bonds. The quantitative estimate of drug-likeness (QED) is 0.848.